The number of hydrogen-bond acceptors (Lipinski definition) is 9. The molecule has 1 fully saturated rings. The number of imidazole rings is 2. The van der Waals surface area contributed by atoms with Crippen LogP contribution in [-0.2, 0) is 26.2 Å². The number of aryl methyl sites for hydroxylation is 1. The predicted octanol–water partition coefficient (Wildman–Crippen LogP) is 4.42. The highest BCUT2D eigenvalue weighted by atomic mass is 19.1. The van der Waals surface area contributed by atoms with Crippen LogP contribution >= 0.6 is 0 Å². The number of ether oxygens (including phenoxy) is 2. The molecule has 0 spiro atoms. The zero-order chi connectivity index (χ0) is 31.3. The van der Waals surface area contributed by atoms with E-state index in [0.717, 1.165) is 61.1 Å². The van der Waals surface area contributed by atoms with Gasteiger partial charge < -0.3 is 23.7 Å². The molecule has 3 aromatic heterocycles. The van der Waals surface area contributed by atoms with Gasteiger partial charge in [0.1, 0.15) is 18.5 Å². The third-order valence-electron chi connectivity index (χ3n) is 7.82. The van der Waals surface area contributed by atoms with Gasteiger partial charge in [-0.05, 0) is 56.2 Å². The average Bonchev–Trinajstić information content (AvgIpc) is 3.65. The van der Waals surface area contributed by atoms with Crippen LogP contribution in [0.2, 0.25) is 0 Å². The van der Waals surface area contributed by atoms with Crippen molar-refractivity contribution in [3.63, 3.8) is 0 Å². The minimum absolute atomic E-state index is 0.0168. The lowest BCUT2D eigenvalue weighted by Crippen LogP contribution is -2.38. The number of halogens is 1. The number of benzene rings is 2. The molecule has 230 valence electrons. The van der Waals surface area contributed by atoms with Crippen LogP contribution in [0.4, 0.5) is 4.39 Å². The number of carboxylic acids is 1. The summed E-state index contributed by atoms with van der Waals surface area (Å²) in [5.74, 6) is 0.0452. The Kier molecular flexibility index (Phi) is 8.65. The lowest BCUT2D eigenvalue weighted by molar-refractivity contribution is 0.0697. The first-order valence-electron chi connectivity index (χ1n) is 14.6. The molecule has 0 aliphatic carbocycles. The maximum Gasteiger partial charge on any atom is 0.335 e. The summed E-state index contributed by atoms with van der Waals surface area (Å²) in [7, 11) is 0. The molecule has 2 aromatic carbocycles. The van der Waals surface area contributed by atoms with Crippen molar-refractivity contribution in [1.29, 1.82) is 5.26 Å². The molecule has 1 N–H and O–H groups in total. The predicted molar refractivity (Wildman–Crippen MR) is 160 cm³/mol. The van der Waals surface area contributed by atoms with Crippen molar-refractivity contribution in [2.45, 2.75) is 52.1 Å². The summed E-state index contributed by atoms with van der Waals surface area (Å²) in [5.41, 5.74) is 2.98. The number of rotatable bonds is 11. The molecule has 0 bridgehead atoms. The number of aromatic carboxylic acids is 1. The van der Waals surface area contributed by atoms with Crippen molar-refractivity contribution in [3.05, 3.63) is 95.5 Å². The average molecular weight is 611 g/mol. The minimum atomic E-state index is -0.976. The van der Waals surface area contributed by atoms with E-state index in [-0.39, 0.29) is 29.6 Å². The van der Waals surface area contributed by atoms with E-state index in [9.17, 15) is 14.3 Å². The van der Waals surface area contributed by atoms with E-state index in [1.54, 1.807) is 36.8 Å². The van der Waals surface area contributed by atoms with Gasteiger partial charge in [-0.1, -0.05) is 0 Å². The zero-order valence-electron chi connectivity index (χ0n) is 24.6. The number of hydrogen-bond donors (Lipinski definition) is 1. The molecular weight excluding hydrogens is 579 g/mol. The number of aromatic nitrogens is 6. The number of likely N-dealkylation sites (tertiary alicyclic amines) is 1. The molecule has 12 nitrogen and oxygen atoms in total. The van der Waals surface area contributed by atoms with Crippen LogP contribution in [0.5, 0.6) is 11.6 Å². The normalized spacial score (nSPS) is 14.0. The van der Waals surface area contributed by atoms with Gasteiger partial charge >= 0.3 is 5.97 Å². The fourth-order valence-electron chi connectivity index (χ4n) is 5.43. The molecule has 0 unspecified atom stereocenters. The zero-order valence-corrected chi connectivity index (χ0v) is 24.6. The van der Waals surface area contributed by atoms with E-state index in [2.05, 4.69) is 35.9 Å². The molecule has 1 aliphatic heterocycles. The van der Waals surface area contributed by atoms with Crippen LogP contribution in [0.25, 0.3) is 11.0 Å². The van der Waals surface area contributed by atoms with E-state index in [1.165, 1.54) is 12.1 Å². The Morgan fingerprint density at radius 2 is 1.98 bits per heavy atom. The van der Waals surface area contributed by atoms with Crippen LogP contribution < -0.4 is 9.47 Å². The van der Waals surface area contributed by atoms with Crippen LogP contribution in [0.1, 0.15) is 53.0 Å². The van der Waals surface area contributed by atoms with Gasteiger partial charge in [-0.3, -0.25) is 4.90 Å². The summed E-state index contributed by atoms with van der Waals surface area (Å²) in [5, 5.41) is 18.5. The molecule has 0 saturated carbocycles. The standard InChI is InChI=1S/C32H31FN8O4/c1-2-40-20-35-16-23(40)17-41-27-14-22(32(42)43)4-5-26(27)37-30(41)18-39-11-8-24(9-12-39)45-31-7-10-36-29(38-31)19-44-28-6-3-21(15-34)13-25(28)33/h3-7,10,13-14,16,20,24H,2,8-9,11-12,17-19H2,1H3,(H,42,43). The third kappa shape index (κ3) is 6.76. The molecule has 1 saturated heterocycles. The quantitative estimate of drug-likeness (QED) is 0.228. The molecule has 13 heteroatoms. The molecule has 6 rings (SSSR count). The summed E-state index contributed by atoms with van der Waals surface area (Å²) in [4.78, 5) is 31.8. The van der Waals surface area contributed by atoms with E-state index < -0.39 is 11.8 Å². The highest BCUT2D eigenvalue weighted by molar-refractivity contribution is 5.92. The maximum atomic E-state index is 14.2. The van der Waals surface area contributed by atoms with Gasteiger partial charge in [-0.2, -0.15) is 10.2 Å². The van der Waals surface area contributed by atoms with E-state index in [0.29, 0.717) is 24.8 Å². The van der Waals surface area contributed by atoms with Crippen LogP contribution in [0.15, 0.2) is 61.2 Å². The summed E-state index contributed by atoms with van der Waals surface area (Å²) >= 11 is 0. The number of nitrogens with zero attached hydrogens (tertiary/aromatic N) is 8. The van der Waals surface area contributed by atoms with Crippen LogP contribution in [-0.4, -0.2) is 64.2 Å². The van der Waals surface area contributed by atoms with Crippen molar-refractivity contribution in [2.75, 3.05) is 13.1 Å². The van der Waals surface area contributed by atoms with Gasteiger partial charge in [-0.15, -0.1) is 0 Å². The lowest BCUT2D eigenvalue weighted by atomic mass is 10.1. The highest BCUT2D eigenvalue weighted by Crippen LogP contribution is 2.24. The second kappa shape index (κ2) is 13.1. The van der Waals surface area contributed by atoms with Crippen molar-refractivity contribution < 1.29 is 23.8 Å². The summed E-state index contributed by atoms with van der Waals surface area (Å²) in [6.45, 7) is 5.47. The van der Waals surface area contributed by atoms with Gasteiger partial charge in [0.05, 0.1) is 53.3 Å². The van der Waals surface area contributed by atoms with Gasteiger partial charge in [0.15, 0.2) is 17.4 Å². The Hall–Kier alpha value is -5.35. The fourth-order valence-corrected chi connectivity index (χ4v) is 5.43. The minimum Gasteiger partial charge on any atom is -0.483 e. The summed E-state index contributed by atoms with van der Waals surface area (Å²) < 4.78 is 30.0. The Morgan fingerprint density at radius 3 is 2.73 bits per heavy atom. The largest absolute Gasteiger partial charge is 0.483 e. The fraction of sp³-hybridized carbons (Fsp3) is 0.312. The van der Waals surface area contributed by atoms with E-state index in [4.69, 9.17) is 19.7 Å². The number of carboxylic acid groups (broad SMARTS) is 1. The van der Waals surface area contributed by atoms with Crippen LogP contribution in [0, 0.1) is 17.1 Å². The SMILES string of the molecule is CCn1cncc1Cn1c(CN2CCC(Oc3ccnc(COc4ccc(C#N)cc4F)n3)CC2)nc2ccc(C(=O)O)cc21. The Labute approximate surface area is 258 Å². The Morgan fingerprint density at radius 1 is 1.13 bits per heavy atom. The number of piperidine rings is 1. The van der Waals surface area contributed by atoms with E-state index in [1.807, 2.05) is 12.3 Å². The van der Waals surface area contributed by atoms with Gasteiger partial charge in [-0.25, -0.2) is 24.1 Å². The second-order valence-corrected chi connectivity index (χ2v) is 10.7. The molecule has 4 heterocycles. The highest BCUT2D eigenvalue weighted by Gasteiger charge is 2.24. The van der Waals surface area contributed by atoms with Gasteiger partial charge in [0.2, 0.25) is 5.88 Å². The molecule has 0 amide bonds. The molecule has 1 aliphatic rings. The monoisotopic (exact) mass is 610 g/mol. The lowest BCUT2D eigenvalue weighted by Gasteiger charge is -2.31. The second-order valence-electron chi connectivity index (χ2n) is 10.7. The molecule has 45 heavy (non-hydrogen) atoms. The number of fused-ring (bicyclic) bond motifs is 1. The van der Waals surface area contributed by atoms with E-state index >= 15 is 0 Å². The number of nitriles is 1. The van der Waals surface area contributed by atoms with Crippen LogP contribution in [0.3, 0.4) is 0 Å². The topological polar surface area (TPSA) is 144 Å². The molecule has 0 atom stereocenters. The summed E-state index contributed by atoms with van der Waals surface area (Å²) in [6.07, 6.45) is 6.72. The van der Waals surface area contributed by atoms with Crippen molar-refractivity contribution >= 4 is 17.0 Å². The molecular formula is C32H31FN8O4. The first-order valence-corrected chi connectivity index (χ1v) is 14.6. The maximum absolute atomic E-state index is 14.2. The molecule has 0 radical (unpaired) electrons. The van der Waals surface area contributed by atoms with Gasteiger partial charge in [0, 0.05) is 38.1 Å². The smallest absolute Gasteiger partial charge is 0.335 e. The summed E-state index contributed by atoms with van der Waals surface area (Å²) in [6, 6.07) is 12.6. The Bertz CT molecular complexity index is 1870. The third-order valence-corrected chi connectivity index (χ3v) is 7.82. The Balaban J connectivity index is 1.09. The van der Waals surface area contributed by atoms with Crippen molar-refractivity contribution in [1.82, 2.24) is 34.0 Å². The van der Waals surface area contributed by atoms with Gasteiger partial charge in [0.25, 0.3) is 0 Å². The first kappa shape index (κ1) is 29.7. The van der Waals surface area contributed by atoms with Crippen molar-refractivity contribution in [2.24, 2.45) is 0 Å². The first-order chi connectivity index (χ1) is 21.9. The molecule has 5 aromatic rings. The number of carbonyl (C=O) groups is 1. The van der Waals surface area contributed by atoms with Crippen molar-refractivity contribution in [3.8, 4) is 17.7 Å².